The number of amides is 1. The van der Waals surface area contributed by atoms with Crippen LogP contribution in [-0.2, 0) is 16.0 Å². The van der Waals surface area contributed by atoms with Crippen molar-refractivity contribution in [1.29, 1.82) is 0 Å². The second kappa shape index (κ2) is 6.69. The molecule has 0 aliphatic carbocycles. The fourth-order valence-corrected chi connectivity index (χ4v) is 1.85. The first-order valence-corrected chi connectivity index (χ1v) is 6.59. The van der Waals surface area contributed by atoms with Crippen molar-refractivity contribution in [3.05, 3.63) is 47.2 Å². The summed E-state index contributed by atoms with van der Waals surface area (Å²) in [5.41, 5.74) is 1.39. The standard InChI is InChI=1S/C15H16N2O4/c1-3-20-15(19)13-10(2)17-21-14(13)16-12(18)9-11-7-5-4-6-8-11/h4-8H,3,9H2,1-2H3,(H,16,18). The molecule has 110 valence electrons. The highest BCUT2D eigenvalue weighted by Gasteiger charge is 2.23. The summed E-state index contributed by atoms with van der Waals surface area (Å²) in [6.45, 7) is 3.55. The minimum atomic E-state index is -0.564. The summed E-state index contributed by atoms with van der Waals surface area (Å²) in [5, 5.41) is 6.24. The summed E-state index contributed by atoms with van der Waals surface area (Å²) in [5.74, 6) is -0.832. The second-order valence-corrected chi connectivity index (χ2v) is 4.40. The zero-order valence-corrected chi connectivity index (χ0v) is 11.9. The van der Waals surface area contributed by atoms with Gasteiger partial charge in [0, 0.05) is 0 Å². The van der Waals surface area contributed by atoms with Gasteiger partial charge in [0.2, 0.25) is 11.8 Å². The van der Waals surface area contributed by atoms with Gasteiger partial charge in [0.15, 0.2) is 0 Å². The van der Waals surface area contributed by atoms with Crippen molar-refractivity contribution in [1.82, 2.24) is 5.16 Å². The lowest BCUT2D eigenvalue weighted by Crippen LogP contribution is -2.17. The van der Waals surface area contributed by atoms with E-state index >= 15 is 0 Å². The van der Waals surface area contributed by atoms with Crippen LogP contribution >= 0.6 is 0 Å². The van der Waals surface area contributed by atoms with E-state index in [0.717, 1.165) is 5.56 Å². The molecule has 2 aromatic rings. The predicted octanol–water partition coefficient (Wildman–Crippen LogP) is 2.34. The summed E-state index contributed by atoms with van der Waals surface area (Å²) in [7, 11) is 0. The number of benzene rings is 1. The first-order valence-electron chi connectivity index (χ1n) is 6.59. The minimum absolute atomic E-state index is 0.0203. The van der Waals surface area contributed by atoms with Crippen LogP contribution in [0.25, 0.3) is 0 Å². The summed E-state index contributed by atoms with van der Waals surface area (Å²) in [6.07, 6.45) is 0.183. The molecule has 0 saturated heterocycles. The zero-order valence-electron chi connectivity index (χ0n) is 11.9. The smallest absolute Gasteiger partial charge is 0.345 e. The monoisotopic (exact) mass is 288 g/mol. The van der Waals surface area contributed by atoms with Crippen molar-refractivity contribution in [2.24, 2.45) is 0 Å². The third-order valence-corrected chi connectivity index (χ3v) is 2.80. The Morgan fingerprint density at radius 3 is 2.67 bits per heavy atom. The number of aromatic nitrogens is 1. The van der Waals surface area contributed by atoms with Crippen molar-refractivity contribution in [2.75, 3.05) is 11.9 Å². The molecule has 1 aromatic carbocycles. The van der Waals surface area contributed by atoms with Gasteiger partial charge in [-0.2, -0.15) is 0 Å². The van der Waals surface area contributed by atoms with Crippen LogP contribution in [0.3, 0.4) is 0 Å². The van der Waals surface area contributed by atoms with Crippen LogP contribution in [0.1, 0.15) is 28.5 Å². The van der Waals surface area contributed by atoms with Crippen LogP contribution in [0.5, 0.6) is 0 Å². The maximum absolute atomic E-state index is 12.0. The summed E-state index contributed by atoms with van der Waals surface area (Å²) < 4.78 is 9.91. The van der Waals surface area contributed by atoms with Crippen molar-refractivity contribution >= 4 is 17.8 Å². The van der Waals surface area contributed by atoms with Crippen molar-refractivity contribution in [3.8, 4) is 0 Å². The van der Waals surface area contributed by atoms with E-state index in [1.54, 1.807) is 13.8 Å². The molecule has 1 aromatic heterocycles. The second-order valence-electron chi connectivity index (χ2n) is 4.40. The molecule has 0 bridgehead atoms. The van der Waals surface area contributed by atoms with E-state index in [9.17, 15) is 9.59 Å². The third kappa shape index (κ3) is 3.68. The van der Waals surface area contributed by atoms with Gasteiger partial charge in [0.05, 0.1) is 18.7 Å². The summed E-state index contributed by atoms with van der Waals surface area (Å²) in [6, 6.07) is 9.27. The first kappa shape index (κ1) is 14.8. The highest BCUT2D eigenvalue weighted by Crippen LogP contribution is 2.20. The Kier molecular flexibility index (Phi) is 4.71. The number of hydrogen-bond donors (Lipinski definition) is 1. The van der Waals surface area contributed by atoms with Gasteiger partial charge in [-0.05, 0) is 19.4 Å². The molecule has 0 aliphatic rings. The Hall–Kier alpha value is -2.63. The number of ether oxygens (including phenoxy) is 1. The molecule has 21 heavy (non-hydrogen) atoms. The van der Waals surface area contributed by atoms with E-state index in [2.05, 4.69) is 10.5 Å². The maximum Gasteiger partial charge on any atom is 0.345 e. The van der Waals surface area contributed by atoms with E-state index in [4.69, 9.17) is 9.26 Å². The SMILES string of the molecule is CCOC(=O)c1c(C)noc1NC(=O)Cc1ccccc1. The van der Waals surface area contributed by atoms with Crippen LogP contribution in [0.15, 0.2) is 34.9 Å². The molecule has 0 spiro atoms. The largest absolute Gasteiger partial charge is 0.462 e. The van der Waals surface area contributed by atoms with Crippen molar-refractivity contribution in [2.45, 2.75) is 20.3 Å². The normalized spacial score (nSPS) is 10.2. The average molecular weight is 288 g/mol. The maximum atomic E-state index is 12.0. The molecular weight excluding hydrogens is 272 g/mol. The molecule has 0 aliphatic heterocycles. The van der Waals surface area contributed by atoms with Crippen LogP contribution in [-0.4, -0.2) is 23.6 Å². The lowest BCUT2D eigenvalue weighted by Gasteiger charge is -2.04. The van der Waals surface area contributed by atoms with Crippen LogP contribution in [0, 0.1) is 6.92 Å². The number of nitrogens with zero attached hydrogens (tertiary/aromatic N) is 1. The molecule has 6 nitrogen and oxygen atoms in total. The fraction of sp³-hybridized carbons (Fsp3) is 0.267. The molecule has 1 heterocycles. The minimum Gasteiger partial charge on any atom is -0.462 e. The van der Waals surface area contributed by atoms with Gasteiger partial charge in [-0.25, -0.2) is 4.79 Å². The topological polar surface area (TPSA) is 81.4 Å². The fourth-order valence-electron chi connectivity index (χ4n) is 1.85. The number of nitrogens with one attached hydrogen (secondary N) is 1. The van der Waals surface area contributed by atoms with Gasteiger partial charge >= 0.3 is 5.97 Å². The van der Waals surface area contributed by atoms with Crippen LogP contribution in [0.4, 0.5) is 5.88 Å². The van der Waals surface area contributed by atoms with Crippen molar-refractivity contribution < 1.29 is 18.8 Å². The van der Waals surface area contributed by atoms with Gasteiger partial charge in [0.25, 0.3) is 0 Å². The number of aryl methyl sites for hydroxylation is 1. The molecule has 6 heteroatoms. The Labute approximate surface area is 122 Å². The molecule has 0 saturated carbocycles. The number of carbonyl (C=O) groups is 2. The van der Waals surface area contributed by atoms with Gasteiger partial charge in [0.1, 0.15) is 5.56 Å². The van der Waals surface area contributed by atoms with E-state index in [-0.39, 0.29) is 30.4 Å². The number of anilines is 1. The van der Waals surface area contributed by atoms with E-state index in [1.165, 1.54) is 0 Å². The lowest BCUT2D eigenvalue weighted by atomic mass is 10.1. The average Bonchev–Trinajstić information content (AvgIpc) is 2.81. The summed E-state index contributed by atoms with van der Waals surface area (Å²) in [4.78, 5) is 23.8. The third-order valence-electron chi connectivity index (χ3n) is 2.80. The van der Waals surface area contributed by atoms with E-state index in [0.29, 0.717) is 5.69 Å². The summed E-state index contributed by atoms with van der Waals surface area (Å²) >= 11 is 0. The molecule has 0 fully saturated rings. The van der Waals surface area contributed by atoms with Crippen molar-refractivity contribution in [3.63, 3.8) is 0 Å². The predicted molar refractivity (Wildman–Crippen MR) is 76.0 cm³/mol. The zero-order chi connectivity index (χ0) is 15.2. The molecule has 2 rings (SSSR count). The van der Waals surface area contributed by atoms with Gasteiger partial charge in [-0.3, -0.25) is 10.1 Å². The molecule has 0 radical (unpaired) electrons. The molecule has 0 unspecified atom stereocenters. The molecule has 1 amide bonds. The van der Waals surface area contributed by atoms with Gasteiger partial charge in [-0.1, -0.05) is 35.5 Å². The Morgan fingerprint density at radius 2 is 2.00 bits per heavy atom. The van der Waals surface area contributed by atoms with E-state index < -0.39 is 5.97 Å². The molecule has 1 N–H and O–H groups in total. The first-order chi connectivity index (χ1) is 10.1. The quantitative estimate of drug-likeness (QED) is 0.854. The van der Waals surface area contributed by atoms with Gasteiger partial charge < -0.3 is 9.26 Å². The highest BCUT2D eigenvalue weighted by atomic mass is 16.5. The van der Waals surface area contributed by atoms with Crippen LogP contribution < -0.4 is 5.32 Å². The highest BCUT2D eigenvalue weighted by molar-refractivity contribution is 6.00. The molecule has 0 atom stereocenters. The van der Waals surface area contributed by atoms with E-state index in [1.807, 2.05) is 30.3 Å². The number of hydrogen-bond acceptors (Lipinski definition) is 5. The lowest BCUT2D eigenvalue weighted by molar-refractivity contribution is -0.115. The number of carbonyl (C=O) groups excluding carboxylic acids is 2. The van der Waals surface area contributed by atoms with Crippen LogP contribution in [0.2, 0.25) is 0 Å². The Balaban J connectivity index is 2.09. The number of rotatable bonds is 5. The Morgan fingerprint density at radius 1 is 1.29 bits per heavy atom. The van der Waals surface area contributed by atoms with Gasteiger partial charge in [-0.15, -0.1) is 0 Å². The molecular formula is C15H16N2O4. The Bertz CT molecular complexity index is 634. The number of esters is 1.